The Bertz CT molecular complexity index is 1700. The number of nitrogens with zero attached hydrogens (tertiary/aromatic N) is 4. The second-order valence-corrected chi connectivity index (χ2v) is 9.55. The number of hydrogen-bond donors (Lipinski definition) is 0. The minimum Gasteiger partial charge on any atom is -0.492 e. The van der Waals surface area contributed by atoms with Crippen LogP contribution in [0.25, 0.3) is 23.0 Å². The lowest BCUT2D eigenvalue weighted by atomic mass is 9.93. The van der Waals surface area contributed by atoms with Crippen molar-refractivity contribution in [2.24, 2.45) is 0 Å². The molecule has 0 atom stereocenters. The highest BCUT2D eigenvalue weighted by molar-refractivity contribution is 6.32. The number of para-hydroxylation sites is 1. The van der Waals surface area contributed by atoms with Gasteiger partial charge in [0.1, 0.15) is 23.1 Å². The zero-order valence-corrected chi connectivity index (χ0v) is 22.7. The Labute approximate surface area is 237 Å². The summed E-state index contributed by atoms with van der Waals surface area (Å²) in [7, 11) is 0. The van der Waals surface area contributed by atoms with Crippen molar-refractivity contribution in [3.8, 4) is 28.8 Å². The van der Waals surface area contributed by atoms with Crippen LogP contribution in [0.2, 0.25) is 5.02 Å². The maximum atomic E-state index is 13.7. The first-order valence-electron chi connectivity index (χ1n) is 12.7. The highest BCUT2D eigenvalue weighted by Gasteiger charge is 2.35. The third kappa shape index (κ3) is 5.18. The molecule has 1 aromatic heterocycles. The number of nitriles is 1. The molecule has 1 aliphatic rings. The quantitative estimate of drug-likeness (QED) is 0.197. The Balaban J connectivity index is 1.65. The van der Waals surface area contributed by atoms with Crippen LogP contribution in [-0.2, 0) is 16.1 Å². The number of ether oxygens (including phenoxy) is 1. The third-order valence-corrected chi connectivity index (χ3v) is 6.87. The van der Waals surface area contributed by atoms with Crippen LogP contribution >= 0.6 is 11.6 Å². The van der Waals surface area contributed by atoms with Gasteiger partial charge in [-0.3, -0.25) is 14.5 Å². The summed E-state index contributed by atoms with van der Waals surface area (Å²) in [4.78, 5) is 28.0. The molecule has 198 valence electrons. The highest BCUT2D eigenvalue weighted by atomic mass is 35.5. The summed E-state index contributed by atoms with van der Waals surface area (Å²) in [6.07, 6.45) is 3.50. The molecule has 1 aliphatic heterocycles. The normalized spacial score (nSPS) is 14.6. The van der Waals surface area contributed by atoms with Gasteiger partial charge in [0, 0.05) is 22.9 Å². The SMILES string of the molecule is CCOc1ccc(-c2nn(-c3ccccc3)cc2/C=C2/C(=O)N(Cc3ccccc3)C(=O)C(C#N)=C2C)cc1Cl. The van der Waals surface area contributed by atoms with E-state index in [-0.39, 0.29) is 17.7 Å². The number of aromatic nitrogens is 2. The molecule has 0 unspecified atom stereocenters. The van der Waals surface area contributed by atoms with Crippen LogP contribution < -0.4 is 4.74 Å². The molecule has 2 heterocycles. The maximum Gasteiger partial charge on any atom is 0.271 e. The molecule has 40 heavy (non-hydrogen) atoms. The first-order chi connectivity index (χ1) is 19.4. The summed E-state index contributed by atoms with van der Waals surface area (Å²) < 4.78 is 7.31. The molecule has 3 aromatic carbocycles. The number of hydrogen-bond acceptors (Lipinski definition) is 5. The number of rotatable bonds is 7. The maximum absolute atomic E-state index is 13.7. The van der Waals surface area contributed by atoms with Gasteiger partial charge in [0.25, 0.3) is 11.8 Å². The Morgan fingerprint density at radius 2 is 1.70 bits per heavy atom. The second kappa shape index (κ2) is 11.4. The van der Waals surface area contributed by atoms with Crippen molar-refractivity contribution in [1.82, 2.24) is 14.7 Å². The van der Waals surface area contributed by atoms with E-state index in [1.54, 1.807) is 29.8 Å². The fraction of sp³-hybridized carbons (Fsp3) is 0.125. The first kappa shape index (κ1) is 26.7. The molecule has 0 bridgehead atoms. The molecule has 0 N–H and O–H groups in total. The number of imide groups is 1. The predicted octanol–water partition coefficient (Wildman–Crippen LogP) is 6.38. The van der Waals surface area contributed by atoms with Crippen molar-refractivity contribution in [2.45, 2.75) is 20.4 Å². The fourth-order valence-electron chi connectivity index (χ4n) is 4.55. The molecule has 0 radical (unpaired) electrons. The molecule has 7 nitrogen and oxygen atoms in total. The number of benzene rings is 3. The molecular weight excluding hydrogens is 524 g/mol. The van der Waals surface area contributed by atoms with Gasteiger partial charge in [0.05, 0.1) is 23.9 Å². The summed E-state index contributed by atoms with van der Waals surface area (Å²) in [5.74, 6) is -0.525. The van der Waals surface area contributed by atoms with Gasteiger partial charge < -0.3 is 4.74 Å². The van der Waals surface area contributed by atoms with Gasteiger partial charge in [0.15, 0.2) is 0 Å². The topological polar surface area (TPSA) is 88.2 Å². The van der Waals surface area contributed by atoms with Crippen LogP contribution in [0.5, 0.6) is 5.75 Å². The van der Waals surface area contributed by atoms with Crippen molar-refractivity contribution in [3.05, 3.63) is 118 Å². The van der Waals surface area contributed by atoms with E-state index in [9.17, 15) is 14.9 Å². The Morgan fingerprint density at radius 1 is 1.00 bits per heavy atom. The van der Waals surface area contributed by atoms with Crippen LogP contribution in [0.4, 0.5) is 0 Å². The summed E-state index contributed by atoms with van der Waals surface area (Å²) in [6, 6.07) is 26.2. The van der Waals surface area contributed by atoms with Crippen LogP contribution in [-0.4, -0.2) is 33.1 Å². The van der Waals surface area contributed by atoms with Gasteiger partial charge in [-0.2, -0.15) is 10.4 Å². The minimum absolute atomic E-state index is 0.0545. The molecule has 5 rings (SSSR count). The third-order valence-electron chi connectivity index (χ3n) is 6.58. The molecule has 0 aliphatic carbocycles. The Hall–Kier alpha value is -4.93. The van der Waals surface area contributed by atoms with Gasteiger partial charge in [-0.1, -0.05) is 60.1 Å². The van der Waals surface area contributed by atoms with Crippen molar-refractivity contribution in [2.75, 3.05) is 6.61 Å². The molecule has 0 saturated carbocycles. The minimum atomic E-state index is -0.607. The van der Waals surface area contributed by atoms with E-state index < -0.39 is 11.8 Å². The van der Waals surface area contributed by atoms with Crippen LogP contribution in [0.1, 0.15) is 25.0 Å². The van der Waals surface area contributed by atoms with Gasteiger partial charge in [0.2, 0.25) is 0 Å². The lowest BCUT2D eigenvalue weighted by Crippen LogP contribution is -2.42. The summed E-state index contributed by atoms with van der Waals surface area (Å²) in [5, 5.41) is 15.1. The molecule has 8 heteroatoms. The lowest BCUT2D eigenvalue weighted by Gasteiger charge is -2.27. The molecule has 2 amide bonds. The predicted molar refractivity (Wildman–Crippen MR) is 153 cm³/mol. The van der Waals surface area contributed by atoms with Crippen LogP contribution in [0.3, 0.4) is 0 Å². The summed E-state index contributed by atoms with van der Waals surface area (Å²) in [6.45, 7) is 4.04. The second-order valence-electron chi connectivity index (χ2n) is 9.14. The molecule has 0 spiro atoms. The van der Waals surface area contributed by atoms with E-state index in [0.717, 1.165) is 21.7 Å². The molecule has 0 fully saturated rings. The Kier molecular flexibility index (Phi) is 7.63. The van der Waals surface area contributed by atoms with E-state index >= 15 is 0 Å². The monoisotopic (exact) mass is 548 g/mol. The number of carbonyl (C=O) groups excluding carboxylic acids is 2. The van der Waals surface area contributed by atoms with Gasteiger partial charge in [-0.25, -0.2) is 4.68 Å². The van der Waals surface area contributed by atoms with Gasteiger partial charge in [-0.05, 0) is 61.4 Å². The largest absolute Gasteiger partial charge is 0.492 e. The molecule has 0 saturated heterocycles. The number of carbonyl (C=O) groups is 2. The van der Waals surface area contributed by atoms with Gasteiger partial charge in [-0.15, -0.1) is 0 Å². The van der Waals surface area contributed by atoms with E-state index in [2.05, 4.69) is 0 Å². The van der Waals surface area contributed by atoms with E-state index in [0.29, 0.717) is 34.2 Å². The van der Waals surface area contributed by atoms with Crippen LogP contribution in [0, 0.1) is 11.3 Å². The Morgan fingerprint density at radius 3 is 2.35 bits per heavy atom. The zero-order chi connectivity index (χ0) is 28.2. The highest BCUT2D eigenvalue weighted by Crippen LogP contribution is 2.34. The van der Waals surface area contributed by atoms with Crippen LogP contribution in [0.15, 0.2) is 102 Å². The van der Waals surface area contributed by atoms with E-state index in [4.69, 9.17) is 21.4 Å². The first-order valence-corrected chi connectivity index (χ1v) is 13.1. The summed E-state index contributed by atoms with van der Waals surface area (Å²) >= 11 is 6.51. The molecule has 4 aromatic rings. The van der Waals surface area contributed by atoms with Crippen molar-refractivity contribution < 1.29 is 14.3 Å². The summed E-state index contributed by atoms with van der Waals surface area (Å²) in [5.41, 5.74) is 4.03. The average molecular weight is 549 g/mol. The average Bonchev–Trinajstić information content (AvgIpc) is 3.40. The van der Waals surface area contributed by atoms with Gasteiger partial charge >= 0.3 is 0 Å². The zero-order valence-electron chi connectivity index (χ0n) is 22.0. The van der Waals surface area contributed by atoms with E-state index in [1.165, 1.54) is 0 Å². The lowest BCUT2D eigenvalue weighted by molar-refractivity contribution is -0.141. The van der Waals surface area contributed by atoms with E-state index in [1.807, 2.05) is 85.9 Å². The van der Waals surface area contributed by atoms with Crippen molar-refractivity contribution in [1.29, 1.82) is 5.26 Å². The standard InChI is InChI=1S/C32H25ClN4O3/c1-3-40-29-15-14-23(17-28(29)33)30-24(20-37(35-30)25-12-8-5-9-13-25)16-26-21(2)27(18-34)32(39)36(31(26)38)19-22-10-6-4-7-11-22/h4-17,20H,3,19H2,1-2H3/b26-16+. The number of halogens is 1. The number of amides is 2. The molecular formula is C32H25ClN4O3. The van der Waals surface area contributed by atoms with Crippen molar-refractivity contribution >= 4 is 29.5 Å². The van der Waals surface area contributed by atoms with Crippen molar-refractivity contribution in [3.63, 3.8) is 0 Å². The smallest absolute Gasteiger partial charge is 0.271 e. The fourth-order valence-corrected chi connectivity index (χ4v) is 4.78.